The van der Waals surface area contributed by atoms with E-state index in [4.69, 9.17) is 4.98 Å². The molecule has 2 aromatic carbocycles. The van der Waals surface area contributed by atoms with Gasteiger partial charge < -0.3 is 24.7 Å². The standard InChI is InChI=1S/C23H26N4O2.Li/c28-23(29)18-7-4-8-19-21(18)27(22(25-19)17-5-2-1-3-6-17)14-11-24-20-15-26-12-9-16(20)10-13-26;/h1-8,16,20,24H,9-15H2,(H,28,29);/q;+1/p-1/t20-;/m1./s1. The number of rotatable bonds is 6. The summed E-state index contributed by atoms with van der Waals surface area (Å²) < 4.78 is 2.03. The van der Waals surface area contributed by atoms with Gasteiger partial charge in [-0.05, 0) is 37.9 Å². The summed E-state index contributed by atoms with van der Waals surface area (Å²) in [7, 11) is 0. The van der Waals surface area contributed by atoms with Gasteiger partial charge in [0.15, 0.2) is 0 Å². The second-order valence-corrected chi connectivity index (χ2v) is 8.11. The van der Waals surface area contributed by atoms with E-state index in [2.05, 4.69) is 10.2 Å². The van der Waals surface area contributed by atoms with E-state index in [0.717, 1.165) is 30.4 Å². The average molecular weight is 396 g/mol. The van der Waals surface area contributed by atoms with Crippen LogP contribution in [0.3, 0.4) is 0 Å². The van der Waals surface area contributed by atoms with Crippen molar-refractivity contribution in [2.75, 3.05) is 26.2 Å². The predicted molar refractivity (Wildman–Crippen MR) is 110 cm³/mol. The minimum absolute atomic E-state index is 0. The Labute approximate surface area is 188 Å². The van der Waals surface area contributed by atoms with Crippen molar-refractivity contribution in [3.05, 3.63) is 54.1 Å². The van der Waals surface area contributed by atoms with E-state index in [0.29, 0.717) is 23.6 Å². The maximum Gasteiger partial charge on any atom is 1.00 e. The molecule has 3 saturated heterocycles. The number of carbonyl (C=O) groups is 1. The molecule has 0 unspecified atom stereocenters. The van der Waals surface area contributed by atoms with Crippen molar-refractivity contribution in [2.45, 2.75) is 25.4 Å². The van der Waals surface area contributed by atoms with Gasteiger partial charge in [0.05, 0.1) is 17.0 Å². The van der Waals surface area contributed by atoms with Crippen molar-refractivity contribution in [1.29, 1.82) is 0 Å². The first-order valence-electron chi connectivity index (χ1n) is 10.4. The normalized spacial score (nSPS) is 22.7. The molecule has 1 aromatic heterocycles. The zero-order valence-corrected chi connectivity index (χ0v) is 17.4. The number of hydrogen-bond acceptors (Lipinski definition) is 5. The molecule has 0 saturated carbocycles. The molecule has 30 heavy (non-hydrogen) atoms. The summed E-state index contributed by atoms with van der Waals surface area (Å²) in [5.74, 6) is 0.388. The molecule has 7 heteroatoms. The van der Waals surface area contributed by atoms with Gasteiger partial charge >= 0.3 is 18.9 Å². The number of fused-ring (bicyclic) bond motifs is 4. The smallest absolute Gasteiger partial charge is 0.545 e. The summed E-state index contributed by atoms with van der Waals surface area (Å²) in [5, 5.41) is 15.5. The molecule has 0 radical (unpaired) electrons. The van der Waals surface area contributed by atoms with E-state index < -0.39 is 5.97 Å². The molecule has 4 heterocycles. The number of hydrogen-bond donors (Lipinski definition) is 1. The Bertz CT molecular complexity index is 1030. The van der Waals surface area contributed by atoms with E-state index in [1.54, 1.807) is 12.1 Å². The van der Waals surface area contributed by atoms with Crippen LogP contribution in [-0.4, -0.2) is 52.6 Å². The number of piperidine rings is 3. The molecule has 0 spiro atoms. The van der Waals surface area contributed by atoms with Crippen LogP contribution in [0.1, 0.15) is 23.2 Å². The number of imidazole rings is 1. The summed E-state index contributed by atoms with van der Waals surface area (Å²) in [6.07, 6.45) is 2.55. The first-order chi connectivity index (χ1) is 14.2. The molecule has 3 aliphatic heterocycles. The molecule has 1 atom stereocenters. The van der Waals surface area contributed by atoms with Gasteiger partial charge in [-0.15, -0.1) is 0 Å². The van der Waals surface area contributed by atoms with Gasteiger partial charge in [0, 0.05) is 36.8 Å². The summed E-state index contributed by atoms with van der Waals surface area (Å²) in [6, 6.07) is 15.7. The predicted octanol–water partition coefficient (Wildman–Crippen LogP) is -1.25. The van der Waals surface area contributed by atoms with Gasteiger partial charge in [0.2, 0.25) is 0 Å². The third kappa shape index (κ3) is 3.93. The fourth-order valence-corrected chi connectivity index (χ4v) is 4.93. The number of nitrogens with one attached hydrogen (secondary N) is 1. The van der Waals surface area contributed by atoms with Crippen LogP contribution in [0.5, 0.6) is 0 Å². The molecular formula is C23H25LiN4O2. The molecule has 6 nitrogen and oxygen atoms in total. The second kappa shape index (κ2) is 8.95. The van der Waals surface area contributed by atoms with Crippen molar-refractivity contribution < 1.29 is 28.8 Å². The molecule has 6 rings (SSSR count). The van der Waals surface area contributed by atoms with Crippen LogP contribution in [0.15, 0.2) is 48.5 Å². The minimum Gasteiger partial charge on any atom is -0.545 e. The molecule has 3 fully saturated rings. The number of aromatic nitrogens is 2. The number of aromatic carboxylic acids is 1. The molecule has 150 valence electrons. The van der Waals surface area contributed by atoms with Crippen LogP contribution in [0.4, 0.5) is 0 Å². The second-order valence-electron chi connectivity index (χ2n) is 8.11. The van der Waals surface area contributed by atoms with Gasteiger partial charge in [-0.1, -0.05) is 42.5 Å². The van der Waals surface area contributed by atoms with Gasteiger partial charge in [0.1, 0.15) is 5.82 Å². The molecule has 1 N–H and O–H groups in total. The molecular weight excluding hydrogens is 371 g/mol. The van der Waals surface area contributed by atoms with Crippen LogP contribution < -0.4 is 29.3 Å². The Morgan fingerprint density at radius 3 is 2.53 bits per heavy atom. The number of benzene rings is 2. The Morgan fingerprint density at radius 1 is 1.10 bits per heavy atom. The quantitative estimate of drug-likeness (QED) is 0.528. The fourth-order valence-electron chi connectivity index (χ4n) is 4.93. The van der Waals surface area contributed by atoms with Crippen LogP contribution >= 0.6 is 0 Å². The van der Waals surface area contributed by atoms with Gasteiger partial charge in [-0.2, -0.15) is 0 Å². The fraction of sp³-hybridized carbons (Fsp3) is 0.391. The number of carbonyl (C=O) groups excluding carboxylic acids is 1. The van der Waals surface area contributed by atoms with Gasteiger partial charge in [-0.25, -0.2) is 4.98 Å². The van der Waals surface area contributed by atoms with E-state index in [1.807, 2.05) is 41.0 Å². The Hall–Kier alpha value is -2.10. The van der Waals surface area contributed by atoms with Crippen molar-refractivity contribution in [2.24, 2.45) is 5.92 Å². The van der Waals surface area contributed by atoms with Gasteiger partial charge in [0.25, 0.3) is 0 Å². The molecule has 0 aliphatic carbocycles. The maximum absolute atomic E-state index is 11.7. The maximum atomic E-state index is 11.7. The number of carboxylic acid groups (broad SMARTS) is 1. The summed E-state index contributed by atoms with van der Waals surface area (Å²) in [6.45, 7) is 5.01. The van der Waals surface area contributed by atoms with Crippen molar-refractivity contribution in [1.82, 2.24) is 19.8 Å². The minimum atomic E-state index is -1.17. The Kier molecular flexibility index (Phi) is 6.31. The number of carboxylic acids is 1. The first-order valence-corrected chi connectivity index (χ1v) is 10.4. The average Bonchev–Trinajstić information content (AvgIpc) is 3.14. The summed E-state index contributed by atoms with van der Waals surface area (Å²) in [4.78, 5) is 19.0. The first kappa shape index (κ1) is 21.1. The van der Waals surface area contributed by atoms with E-state index in [1.165, 1.54) is 25.9 Å². The summed E-state index contributed by atoms with van der Waals surface area (Å²) in [5.41, 5.74) is 2.51. The molecule has 3 aliphatic rings. The number of nitrogens with zero attached hydrogens (tertiary/aromatic N) is 3. The summed E-state index contributed by atoms with van der Waals surface area (Å²) >= 11 is 0. The largest absolute Gasteiger partial charge is 1.00 e. The van der Waals surface area contributed by atoms with Gasteiger partial charge in [-0.3, -0.25) is 0 Å². The van der Waals surface area contributed by atoms with Crippen LogP contribution in [-0.2, 0) is 6.54 Å². The third-order valence-corrected chi connectivity index (χ3v) is 6.42. The topological polar surface area (TPSA) is 73.2 Å². The van der Waals surface area contributed by atoms with Crippen molar-refractivity contribution in [3.8, 4) is 11.4 Å². The van der Waals surface area contributed by atoms with Crippen LogP contribution in [0.25, 0.3) is 22.4 Å². The van der Waals surface area contributed by atoms with Crippen LogP contribution in [0, 0.1) is 5.92 Å². The monoisotopic (exact) mass is 396 g/mol. The van der Waals surface area contributed by atoms with E-state index in [-0.39, 0.29) is 24.4 Å². The Balaban J connectivity index is 0.00000218. The van der Waals surface area contributed by atoms with Crippen molar-refractivity contribution >= 4 is 17.0 Å². The van der Waals surface area contributed by atoms with E-state index >= 15 is 0 Å². The zero-order chi connectivity index (χ0) is 19.8. The number of para-hydroxylation sites is 1. The molecule has 3 aromatic rings. The van der Waals surface area contributed by atoms with Crippen molar-refractivity contribution in [3.63, 3.8) is 0 Å². The van der Waals surface area contributed by atoms with Crippen LogP contribution in [0.2, 0.25) is 0 Å². The third-order valence-electron chi connectivity index (χ3n) is 6.42. The Morgan fingerprint density at radius 2 is 1.87 bits per heavy atom. The SMILES string of the molecule is O=C([O-])c1cccc2nc(-c3ccccc3)n(CCN[C@@H]3CN4CCC3CC4)c12.[Li+]. The van der Waals surface area contributed by atoms with E-state index in [9.17, 15) is 9.90 Å². The molecule has 2 bridgehead atoms. The zero-order valence-electron chi connectivity index (χ0n) is 17.4. The molecule has 0 amide bonds.